The molecule has 1 amide bonds. The molecular weight excluding hydrogens is 301 g/mol. The van der Waals surface area contributed by atoms with Gasteiger partial charge in [-0.2, -0.15) is 0 Å². The average molecular weight is 313 g/mol. The van der Waals surface area contributed by atoms with E-state index in [1.54, 1.807) is 18.3 Å². The molecule has 0 aliphatic rings. The molecule has 6 heteroatoms. The first-order valence-corrected chi connectivity index (χ1v) is 7.50. The maximum Gasteiger partial charge on any atom is 0.254 e. The number of hydrogen-bond acceptors (Lipinski definition) is 4. The van der Waals surface area contributed by atoms with Crippen molar-refractivity contribution >= 4 is 17.2 Å². The number of carbonyl (C=O) groups is 1. The van der Waals surface area contributed by atoms with Crippen molar-refractivity contribution in [2.75, 3.05) is 0 Å². The smallest absolute Gasteiger partial charge is 0.254 e. The molecule has 0 saturated carbocycles. The summed E-state index contributed by atoms with van der Waals surface area (Å²) in [6.07, 6.45) is 1.70. The van der Waals surface area contributed by atoms with Crippen LogP contribution in [0.2, 0.25) is 0 Å². The molecule has 22 heavy (non-hydrogen) atoms. The van der Waals surface area contributed by atoms with Crippen LogP contribution < -0.4 is 5.32 Å². The predicted molar refractivity (Wildman–Crippen MR) is 82.9 cm³/mol. The number of carbonyl (C=O) groups excluding carboxylic acids is 1. The number of nitrogens with zero attached hydrogens (tertiary/aromatic N) is 2. The zero-order chi connectivity index (χ0) is 15.4. The molecule has 0 unspecified atom stereocenters. The van der Waals surface area contributed by atoms with Crippen molar-refractivity contribution in [3.8, 4) is 11.4 Å². The fraction of sp³-hybridized carbons (Fsp3) is 0.0625. The Kier molecular flexibility index (Phi) is 4.20. The van der Waals surface area contributed by atoms with Gasteiger partial charge in [-0.1, -0.05) is 18.2 Å². The Morgan fingerprint density at radius 2 is 1.95 bits per heavy atom. The van der Waals surface area contributed by atoms with Crippen molar-refractivity contribution < 1.29 is 9.18 Å². The summed E-state index contributed by atoms with van der Waals surface area (Å²) in [6, 6.07) is 11.5. The Balaban J connectivity index is 1.67. The predicted octanol–water partition coefficient (Wildman–Crippen LogP) is 3.27. The fourth-order valence-corrected chi connectivity index (χ4v) is 2.65. The lowest BCUT2D eigenvalue weighted by Gasteiger charge is -2.03. The molecule has 0 atom stereocenters. The first-order valence-electron chi connectivity index (χ1n) is 6.62. The van der Waals surface area contributed by atoms with Crippen molar-refractivity contribution in [2.24, 2.45) is 0 Å². The van der Waals surface area contributed by atoms with Crippen LogP contribution in [0, 0.1) is 5.82 Å². The molecule has 2 heterocycles. The van der Waals surface area contributed by atoms with E-state index in [-0.39, 0.29) is 12.1 Å². The van der Waals surface area contributed by atoms with Crippen LogP contribution in [0.25, 0.3) is 11.4 Å². The van der Waals surface area contributed by atoms with Crippen LogP contribution in [-0.4, -0.2) is 15.9 Å². The number of thiazole rings is 1. The van der Waals surface area contributed by atoms with E-state index in [2.05, 4.69) is 15.3 Å². The lowest BCUT2D eigenvalue weighted by Crippen LogP contribution is -2.23. The molecule has 1 N–H and O–H groups in total. The summed E-state index contributed by atoms with van der Waals surface area (Å²) >= 11 is 1.43. The van der Waals surface area contributed by atoms with Gasteiger partial charge >= 0.3 is 0 Å². The molecular formula is C16H12FN3OS. The normalized spacial score (nSPS) is 10.4. The topological polar surface area (TPSA) is 54.9 Å². The summed E-state index contributed by atoms with van der Waals surface area (Å²) in [5.74, 6) is -0.985. The molecule has 3 aromatic rings. The van der Waals surface area contributed by atoms with E-state index in [1.165, 1.54) is 23.5 Å². The van der Waals surface area contributed by atoms with Crippen LogP contribution in [0.5, 0.6) is 0 Å². The highest BCUT2D eigenvalue weighted by Gasteiger charge is 2.11. The minimum absolute atomic E-state index is 0.0315. The molecule has 0 aliphatic heterocycles. The maximum absolute atomic E-state index is 13.5. The molecule has 2 aromatic heterocycles. The Labute approximate surface area is 130 Å². The molecule has 0 radical (unpaired) electrons. The Morgan fingerprint density at radius 3 is 2.73 bits per heavy atom. The summed E-state index contributed by atoms with van der Waals surface area (Å²) in [7, 11) is 0. The molecule has 0 aliphatic carbocycles. The van der Waals surface area contributed by atoms with Crippen LogP contribution in [0.15, 0.2) is 54.0 Å². The second-order valence-electron chi connectivity index (χ2n) is 4.50. The van der Waals surface area contributed by atoms with Gasteiger partial charge in [-0.3, -0.25) is 9.78 Å². The highest BCUT2D eigenvalue weighted by atomic mass is 32.1. The third-order valence-electron chi connectivity index (χ3n) is 3.00. The number of halogens is 1. The fourth-order valence-electron chi connectivity index (χ4n) is 1.92. The van der Waals surface area contributed by atoms with E-state index in [9.17, 15) is 9.18 Å². The monoisotopic (exact) mass is 313 g/mol. The number of amides is 1. The Bertz CT molecular complexity index is 789. The van der Waals surface area contributed by atoms with Gasteiger partial charge in [0.05, 0.1) is 23.5 Å². The van der Waals surface area contributed by atoms with Crippen LogP contribution >= 0.6 is 11.3 Å². The molecule has 4 nitrogen and oxygen atoms in total. The van der Waals surface area contributed by atoms with Gasteiger partial charge < -0.3 is 5.32 Å². The van der Waals surface area contributed by atoms with Crippen LogP contribution in [0.3, 0.4) is 0 Å². The summed E-state index contributed by atoms with van der Waals surface area (Å²) in [6.45, 7) is 0.255. The second kappa shape index (κ2) is 6.44. The second-order valence-corrected chi connectivity index (χ2v) is 5.45. The molecule has 1 aromatic carbocycles. The summed E-state index contributed by atoms with van der Waals surface area (Å²) in [5.41, 5.74) is 1.58. The molecule has 0 spiro atoms. The minimum Gasteiger partial charge on any atom is -0.345 e. The number of hydrogen-bond donors (Lipinski definition) is 1. The standard InChI is InChI=1S/C16H12FN3OS/c17-12-6-2-1-5-11(12)16(21)19-9-15-20-14(10-22-15)13-7-3-4-8-18-13/h1-8,10H,9H2,(H,19,21). The average Bonchev–Trinajstić information content (AvgIpc) is 3.03. The first-order chi connectivity index (χ1) is 10.7. The highest BCUT2D eigenvalue weighted by molar-refractivity contribution is 7.09. The number of benzene rings is 1. The van der Waals surface area contributed by atoms with E-state index in [0.717, 1.165) is 16.4 Å². The molecule has 0 saturated heterocycles. The molecule has 3 rings (SSSR count). The number of rotatable bonds is 4. The quantitative estimate of drug-likeness (QED) is 0.804. The van der Waals surface area contributed by atoms with E-state index >= 15 is 0 Å². The number of nitrogens with one attached hydrogen (secondary N) is 1. The third kappa shape index (κ3) is 3.17. The van der Waals surface area contributed by atoms with Crippen molar-refractivity contribution in [2.45, 2.75) is 6.54 Å². The number of pyridine rings is 1. The van der Waals surface area contributed by atoms with Gasteiger partial charge in [-0.05, 0) is 24.3 Å². The van der Waals surface area contributed by atoms with Gasteiger partial charge in [0, 0.05) is 11.6 Å². The lowest BCUT2D eigenvalue weighted by molar-refractivity contribution is 0.0947. The zero-order valence-corrected chi connectivity index (χ0v) is 12.3. The minimum atomic E-state index is -0.534. The summed E-state index contributed by atoms with van der Waals surface area (Å²) in [5, 5.41) is 5.29. The van der Waals surface area contributed by atoms with Gasteiger partial charge in [0.2, 0.25) is 0 Å². The van der Waals surface area contributed by atoms with Crippen molar-refractivity contribution in [1.82, 2.24) is 15.3 Å². The highest BCUT2D eigenvalue weighted by Crippen LogP contribution is 2.19. The first kappa shape index (κ1) is 14.3. The van der Waals surface area contributed by atoms with Gasteiger partial charge in [-0.15, -0.1) is 11.3 Å². The molecule has 110 valence electrons. The number of aromatic nitrogens is 2. The van der Waals surface area contributed by atoms with E-state index in [0.29, 0.717) is 0 Å². The molecule has 0 fully saturated rings. The van der Waals surface area contributed by atoms with Crippen molar-refractivity contribution in [3.63, 3.8) is 0 Å². The van der Waals surface area contributed by atoms with Crippen LogP contribution in [-0.2, 0) is 6.54 Å². The van der Waals surface area contributed by atoms with Gasteiger partial charge in [0.1, 0.15) is 10.8 Å². The summed E-state index contributed by atoms with van der Waals surface area (Å²) < 4.78 is 13.5. The summed E-state index contributed by atoms with van der Waals surface area (Å²) in [4.78, 5) is 20.6. The van der Waals surface area contributed by atoms with Gasteiger partial charge in [0.25, 0.3) is 5.91 Å². The Morgan fingerprint density at radius 1 is 1.14 bits per heavy atom. The van der Waals surface area contributed by atoms with Crippen LogP contribution in [0.1, 0.15) is 15.4 Å². The third-order valence-corrected chi connectivity index (χ3v) is 3.85. The van der Waals surface area contributed by atoms with Crippen molar-refractivity contribution in [1.29, 1.82) is 0 Å². The molecule has 0 bridgehead atoms. The van der Waals surface area contributed by atoms with E-state index < -0.39 is 11.7 Å². The van der Waals surface area contributed by atoms with Gasteiger partial charge in [0.15, 0.2) is 0 Å². The Hall–Kier alpha value is -2.60. The van der Waals surface area contributed by atoms with Crippen molar-refractivity contribution in [3.05, 3.63) is 70.4 Å². The maximum atomic E-state index is 13.5. The van der Waals surface area contributed by atoms with Gasteiger partial charge in [-0.25, -0.2) is 9.37 Å². The zero-order valence-electron chi connectivity index (χ0n) is 11.5. The van der Waals surface area contributed by atoms with E-state index in [1.807, 2.05) is 23.6 Å². The van der Waals surface area contributed by atoms with Crippen LogP contribution in [0.4, 0.5) is 4.39 Å². The SMILES string of the molecule is O=C(NCc1nc(-c2ccccn2)cs1)c1ccccc1F. The largest absolute Gasteiger partial charge is 0.345 e. The van der Waals surface area contributed by atoms with E-state index in [4.69, 9.17) is 0 Å². The lowest BCUT2D eigenvalue weighted by atomic mass is 10.2.